The summed E-state index contributed by atoms with van der Waals surface area (Å²) in [5, 5.41) is 10.4. The molecule has 1 aliphatic carbocycles. The summed E-state index contributed by atoms with van der Waals surface area (Å²) < 4.78 is 6.43. The fraction of sp³-hybridized carbons (Fsp3) is 0.250. The molecule has 0 saturated heterocycles. The molecule has 21 heavy (non-hydrogen) atoms. The van der Waals surface area contributed by atoms with Crippen LogP contribution in [-0.4, -0.2) is 28.6 Å². The van der Waals surface area contributed by atoms with E-state index in [-0.39, 0.29) is 11.5 Å². The van der Waals surface area contributed by atoms with E-state index in [2.05, 4.69) is 0 Å². The van der Waals surface area contributed by atoms with Crippen LogP contribution in [0, 0.1) is 0 Å². The number of hydroxylamine groups is 1. The minimum atomic E-state index is -0.552. The standard InChI is InChI=1S/C16H15NO4/c1-20-13-9-5-8-12(10-13)17-15(18)14(16(19)21-17)11-6-3-2-4-7-11/h2-4,6-7,10H,5,8-9H2,1H3/p+1/b17-12-. The van der Waals surface area contributed by atoms with Crippen molar-refractivity contribution in [3.63, 3.8) is 0 Å². The first-order valence-electron chi connectivity index (χ1n) is 6.82. The van der Waals surface area contributed by atoms with Gasteiger partial charge in [-0.25, -0.2) is 4.79 Å². The maximum absolute atomic E-state index is 12.0. The molecule has 0 aromatic heterocycles. The van der Waals surface area contributed by atoms with Crippen molar-refractivity contribution in [2.45, 2.75) is 19.3 Å². The summed E-state index contributed by atoms with van der Waals surface area (Å²) in [4.78, 5) is 17.2. The summed E-state index contributed by atoms with van der Waals surface area (Å²) in [7, 11) is 1.61. The molecule has 2 aliphatic rings. The lowest BCUT2D eigenvalue weighted by Crippen LogP contribution is -2.20. The number of nitrogens with zero attached hydrogens (tertiary/aromatic N) is 1. The Hall–Kier alpha value is -2.56. The zero-order chi connectivity index (χ0) is 14.8. The predicted molar refractivity (Wildman–Crippen MR) is 76.3 cm³/mol. The number of allylic oxidation sites excluding steroid dienone is 2. The average molecular weight is 286 g/mol. The molecule has 1 aliphatic heterocycles. The molecule has 3 rings (SSSR count). The third-order valence-electron chi connectivity index (χ3n) is 3.56. The topological polar surface area (TPSA) is 58.8 Å². The highest BCUT2D eigenvalue weighted by atomic mass is 16.7. The molecular formula is C16H16NO4+. The van der Waals surface area contributed by atoms with Crippen LogP contribution in [0.15, 0.2) is 48.1 Å². The number of carbonyl (C=O) groups excluding carboxylic acids is 1. The predicted octanol–water partition coefficient (Wildman–Crippen LogP) is 2.55. The van der Waals surface area contributed by atoms with Gasteiger partial charge in [0.15, 0.2) is 5.57 Å². The Kier molecular flexibility index (Phi) is 3.48. The van der Waals surface area contributed by atoms with E-state index in [9.17, 15) is 9.90 Å². The van der Waals surface area contributed by atoms with Crippen molar-refractivity contribution >= 4 is 17.3 Å². The van der Waals surface area contributed by atoms with Crippen LogP contribution >= 0.6 is 0 Å². The van der Waals surface area contributed by atoms with Gasteiger partial charge in [0.25, 0.3) is 0 Å². The van der Waals surface area contributed by atoms with Crippen LogP contribution in [0.1, 0.15) is 24.8 Å². The maximum Gasteiger partial charge on any atom is 0.431 e. The Morgan fingerprint density at radius 3 is 2.71 bits per heavy atom. The van der Waals surface area contributed by atoms with Crippen molar-refractivity contribution < 1.29 is 24.2 Å². The summed E-state index contributed by atoms with van der Waals surface area (Å²) in [5.74, 6) is 0.0900. The SMILES string of the molecule is COC1=C/C(=[N+]2\OC(=O)C(c3ccccc3)=C2O)CCC1. The minimum Gasteiger partial charge on any atom is -0.501 e. The number of methoxy groups -OCH3 is 1. The molecule has 0 saturated carbocycles. The number of carbonyl (C=O) groups is 1. The minimum absolute atomic E-state index is 0.171. The third-order valence-corrected chi connectivity index (χ3v) is 3.56. The summed E-state index contributed by atoms with van der Waals surface area (Å²) in [5.41, 5.74) is 1.53. The first-order chi connectivity index (χ1) is 10.2. The van der Waals surface area contributed by atoms with Crippen molar-refractivity contribution in [1.29, 1.82) is 0 Å². The fourth-order valence-corrected chi connectivity index (χ4v) is 2.51. The third kappa shape index (κ3) is 2.42. The second-order valence-corrected chi connectivity index (χ2v) is 4.90. The first kappa shape index (κ1) is 13.4. The molecule has 0 bridgehead atoms. The van der Waals surface area contributed by atoms with Crippen LogP contribution in [0.25, 0.3) is 5.57 Å². The average Bonchev–Trinajstić information content (AvgIpc) is 2.83. The van der Waals surface area contributed by atoms with E-state index in [1.165, 1.54) is 4.74 Å². The molecule has 0 radical (unpaired) electrons. The van der Waals surface area contributed by atoms with E-state index in [0.29, 0.717) is 12.0 Å². The highest BCUT2D eigenvalue weighted by Crippen LogP contribution is 2.27. The lowest BCUT2D eigenvalue weighted by Gasteiger charge is -2.10. The van der Waals surface area contributed by atoms with Gasteiger partial charge in [0.1, 0.15) is 5.76 Å². The summed E-state index contributed by atoms with van der Waals surface area (Å²) in [6, 6.07) is 8.99. The molecule has 1 aromatic carbocycles. The van der Waals surface area contributed by atoms with Gasteiger partial charge in [-0.3, -0.25) is 0 Å². The van der Waals surface area contributed by atoms with Crippen molar-refractivity contribution in [2.24, 2.45) is 0 Å². The smallest absolute Gasteiger partial charge is 0.431 e. The van der Waals surface area contributed by atoms with E-state index in [0.717, 1.165) is 24.3 Å². The summed E-state index contributed by atoms with van der Waals surface area (Å²) >= 11 is 0. The number of hydrogen-bond donors (Lipinski definition) is 1. The summed E-state index contributed by atoms with van der Waals surface area (Å²) in [6.45, 7) is 0. The highest BCUT2D eigenvalue weighted by Gasteiger charge is 2.42. The second-order valence-electron chi connectivity index (χ2n) is 4.90. The molecule has 1 aromatic rings. The van der Waals surface area contributed by atoms with Crippen LogP contribution in [0.2, 0.25) is 0 Å². The lowest BCUT2D eigenvalue weighted by atomic mass is 10.0. The Morgan fingerprint density at radius 1 is 1.24 bits per heavy atom. The Morgan fingerprint density at radius 2 is 2.00 bits per heavy atom. The van der Waals surface area contributed by atoms with Gasteiger partial charge in [0, 0.05) is 18.9 Å². The van der Waals surface area contributed by atoms with Gasteiger partial charge in [-0.2, -0.15) is 4.84 Å². The number of rotatable bonds is 2. The largest absolute Gasteiger partial charge is 0.501 e. The normalized spacial score (nSPS) is 22.1. The van der Waals surface area contributed by atoms with Gasteiger partial charge in [-0.1, -0.05) is 30.3 Å². The lowest BCUT2D eigenvalue weighted by molar-refractivity contribution is -0.732. The van der Waals surface area contributed by atoms with Crippen LogP contribution in [0.3, 0.4) is 0 Å². The molecule has 0 amide bonds. The van der Waals surface area contributed by atoms with E-state index in [1.54, 1.807) is 25.3 Å². The van der Waals surface area contributed by atoms with E-state index in [4.69, 9.17) is 9.57 Å². The van der Waals surface area contributed by atoms with Gasteiger partial charge in [0.05, 0.1) is 11.8 Å². The zero-order valence-corrected chi connectivity index (χ0v) is 11.7. The highest BCUT2D eigenvalue weighted by molar-refractivity contribution is 6.17. The maximum atomic E-state index is 12.0. The molecule has 0 atom stereocenters. The quantitative estimate of drug-likeness (QED) is 0.670. The van der Waals surface area contributed by atoms with E-state index in [1.807, 2.05) is 18.2 Å². The van der Waals surface area contributed by atoms with Gasteiger partial charge in [-0.05, 0) is 12.0 Å². The second kappa shape index (κ2) is 5.44. The van der Waals surface area contributed by atoms with Crippen molar-refractivity contribution in [2.75, 3.05) is 7.11 Å². The number of aliphatic hydroxyl groups is 1. The first-order valence-corrected chi connectivity index (χ1v) is 6.82. The Labute approximate surface area is 122 Å². The molecule has 5 nitrogen and oxygen atoms in total. The fourth-order valence-electron chi connectivity index (χ4n) is 2.51. The van der Waals surface area contributed by atoms with Gasteiger partial charge in [0.2, 0.25) is 5.71 Å². The molecular weight excluding hydrogens is 270 g/mol. The van der Waals surface area contributed by atoms with Crippen LogP contribution < -0.4 is 0 Å². The Bertz CT molecular complexity index is 671. The summed E-state index contributed by atoms with van der Waals surface area (Å²) in [6.07, 6.45) is 4.25. The number of benzene rings is 1. The monoisotopic (exact) mass is 286 g/mol. The number of ether oxygens (including phenoxy) is 1. The van der Waals surface area contributed by atoms with Crippen molar-refractivity contribution in [1.82, 2.24) is 0 Å². The number of aliphatic hydroxyl groups excluding tert-OH is 1. The molecule has 5 heteroatoms. The molecule has 0 spiro atoms. The zero-order valence-electron chi connectivity index (χ0n) is 11.7. The molecule has 108 valence electrons. The number of hydrogen-bond acceptors (Lipinski definition) is 4. The molecule has 1 heterocycles. The molecule has 1 N–H and O–H groups in total. The van der Waals surface area contributed by atoms with Gasteiger partial charge >= 0.3 is 11.9 Å². The van der Waals surface area contributed by atoms with Crippen LogP contribution in [-0.2, 0) is 14.4 Å². The molecule has 0 unspecified atom stereocenters. The van der Waals surface area contributed by atoms with Gasteiger partial charge in [-0.15, -0.1) is 0 Å². The van der Waals surface area contributed by atoms with E-state index >= 15 is 0 Å². The van der Waals surface area contributed by atoms with E-state index < -0.39 is 5.97 Å². The molecule has 0 fully saturated rings. The van der Waals surface area contributed by atoms with Crippen LogP contribution in [0.4, 0.5) is 0 Å². The van der Waals surface area contributed by atoms with Gasteiger partial charge < -0.3 is 9.84 Å². The van der Waals surface area contributed by atoms with Crippen molar-refractivity contribution in [3.05, 3.63) is 53.6 Å². The Balaban J connectivity index is 2.07. The van der Waals surface area contributed by atoms with Crippen molar-refractivity contribution in [3.8, 4) is 0 Å². The van der Waals surface area contributed by atoms with Crippen LogP contribution in [0.5, 0.6) is 0 Å².